The van der Waals surface area contributed by atoms with Crippen LogP contribution in [0.2, 0.25) is 0 Å². The van der Waals surface area contributed by atoms with Gasteiger partial charge in [-0.2, -0.15) is 0 Å². The maximum absolute atomic E-state index is 5.63. The van der Waals surface area contributed by atoms with Gasteiger partial charge in [0.1, 0.15) is 0 Å². The lowest BCUT2D eigenvalue weighted by Crippen LogP contribution is -2.39. The smallest absolute Gasteiger partial charge is 0.0707 e. The highest BCUT2D eigenvalue weighted by Gasteiger charge is 2.31. The van der Waals surface area contributed by atoms with Crippen molar-refractivity contribution in [2.45, 2.75) is 38.9 Å². The van der Waals surface area contributed by atoms with Crippen molar-refractivity contribution in [1.82, 2.24) is 4.90 Å². The second-order valence-corrected chi connectivity index (χ2v) is 3.18. The minimum Gasteiger partial charge on any atom is -0.372 e. The Bertz CT molecular complexity index is 104. The van der Waals surface area contributed by atoms with Crippen LogP contribution in [0.25, 0.3) is 0 Å². The van der Waals surface area contributed by atoms with Gasteiger partial charge < -0.3 is 9.64 Å². The zero-order valence-corrected chi connectivity index (χ0v) is 7.84. The molecule has 2 aliphatic heterocycles. The van der Waals surface area contributed by atoms with Gasteiger partial charge in [0, 0.05) is 13.1 Å². The number of hydrogen-bond acceptors (Lipinski definition) is 2. The fourth-order valence-electron chi connectivity index (χ4n) is 1.82. The van der Waals surface area contributed by atoms with E-state index in [1.807, 2.05) is 13.8 Å². The van der Waals surface area contributed by atoms with Gasteiger partial charge >= 0.3 is 0 Å². The van der Waals surface area contributed by atoms with Crippen molar-refractivity contribution in [2.24, 2.45) is 0 Å². The number of hydrogen-bond donors (Lipinski definition) is 0. The first-order valence-corrected chi connectivity index (χ1v) is 4.68. The number of morpholine rings is 1. The van der Waals surface area contributed by atoms with Crippen molar-refractivity contribution in [1.29, 1.82) is 0 Å². The van der Waals surface area contributed by atoms with E-state index < -0.39 is 0 Å². The predicted octanol–water partition coefficient (Wildman–Crippen LogP) is 1.51. The standard InChI is InChI=1S/C7H13NO.C2H6/c1-8-4-6-2-3-7(5-8)9-6;1-2/h6-7H,2-5H2,1H3;1-2H3. The second-order valence-electron chi connectivity index (χ2n) is 3.18. The third-order valence-corrected chi connectivity index (χ3v) is 2.23. The molecule has 0 aromatic heterocycles. The molecule has 0 aliphatic carbocycles. The molecule has 2 nitrogen and oxygen atoms in total. The molecule has 2 rings (SSSR count). The molecule has 2 bridgehead atoms. The summed E-state index contributed by atoms with van der Waals surface area (Å²) in [6.45, 7) is 6.30. The molecule has 2 fully saturated rings. The van der Waals surface area contributed by atoms with Crippen LogP contribution in [-0.2, 0) is 4.74 Å². The number of rotatable bonds is 0. The third-order valence-electron chi connectivity index (χ3n) is 2.23. The van der Waals surface area contributed by atoms with Crippen LogP contribution in [0, 0.1) is 0 Å². The zero-order chi connectivity index (χ0) is 8.27. The molecule has 0 aromatic carbocycles. The minimum absolute atomic E-state index is 0.564. The average molecular weight is 157 g/mol. The largest absolute Gasteiger partial charge is 0.372 e. The molecule has 0 aromatic rings. The lowest BCUT2D eigenvalue weighted by Gasteiger charge is -2.28. The molecule has 2 heterocycles. The molecule has 2 atom stereocenters. The van der Waals surface area contributed by atoms with E-state index in [2.05, 4.69) is 11.9 Å². The first kappa shape index (κ1) is 9.01. The molecule has 66 valence electrons. The second kappa shape index (κ2) is 4.07. The van der Waals surface area contributed by atoms with Gasteiger partial charge in [-0.05, 0) is 19.9 Å². The van der Waals surface area contributed by atoms with Crippen LogP contribution in [-0.4, -0.2) is 37.2 Å². The van der Waals surface area contributed by atoms with E-state index in [0.717, 1.165) is 13.1 Å². The summed E-state index contributed by atoms with van der Waals surface area (Å²) in [5.41, 5.74) is 0. The molecule has 2 aliphatic rings. The maximum atomic E-state index is 5.63. The summed E-state index contributed by atoms with van der Waals surface area (Å²) in [7, 11) is 2.17. The van der Waals surface area contributed by atoms with E-state index in [0.29, 0.717) is 12.2 Å². The van der Waals surface area contributed by atoms with E-state index in [1.165, 1.54) is 12.8 Å². The van der Waals surface area contributed by atoms with Crippen LogP contribution in [0.1, 0.15) is 26.7 Å². The van der Waals surface area contributed by atoms with E-state index in [-0.39, 0.29) is 0 Å². The topological polar surface area (TPSA) is 12.5 Å². The van der Waals surface area contributed by atoms with Gasteiger partial charge in [0.25, 0.3) is 0 Å². The monoisotopic (exact) mass is 157 g/mol. The fourth-order valence-corrected chi connectivity index (χ4v) is 1.82. The quantitative estimate of drug-likeness (QED) is 0.528. The minimum atomic E-state index is 0.564. The average Bonchev–Trinajstić information content (AvgIpc) is 2.35. The van der Waals surface area contributed by atoms with Gasteiger partial charge in [-0.3, -0.25) is 0 Å². The first-order chi connectivity index (χ1) is 5.34. The van der Waals surface area contributed by atoms with Crippen LogP contribution < -0.4 is 0 Å². The fraction of sp³-hybridized carbons (Fsp3) is 1.00. The van der Waals surface area contributed by atoms with Crippen LogP contribution in [0.5, 0.6) is 0 Å². The van der Waals surface area contributed by atoms with E-state index in [4.69, 9.17) is 4.74 Å². The van der Waals surface area contributed by atoms with Crippen molar-refractivity contribution in [3.05, 3.63) is 0 Å². The van der Waals surface area contributed by atoms with Gasteiger partial charge in [-0.25, -0.2) is 0 Å². The number of likely N-dealkylation sites (N-methyl/N-ethyl adjacent to an activating group) is 1. The number of likely N-dealkylation sites (tertiary alicyclic amines) is 1. The molecule has 11 heavy (non-hydrogen) atoms. The molecule has 0 radical (unpaired) electrons. The predicted molar refractivity (Wildman–Crippen MR) is 46.7 cm³/mol. The van der Waals surface area contributed by atoms with E-state index in [9.17, 15) is 0 Å². The Morgan fingerprint density at radius 2 is 1.55 bits per heavy atom. The lowest BCUT2D eigenvalue weighted by atomic mass is 10.2. The summed E-state index contributed by atoms with van der Waals surface area (Å²) in [6, 6.07) is 0. The van der Waals surface area contributed by atoms with Crippen molar-refractivity contribution in [3.8, 4) is 0 Å². The highest BCUT2D eigenvalue weighted by molar-refractivity contribution is 4.82. The van der Waals surface area contributed by atoms with Gasteiger partial charge in [-0.1, -0.05) is 13.8 Å². The Morgan fingerprint density at radius 1 is 1.09 bits per heavy atom. The highest BCUT2D eigenvalue weighted by Crippen LogP contribution is 2.24. The molecule has 2 unspecified atom stereocenters. The Hall–Kier alpha value is -0.0800. The summed E-state index contributed by atoms with van der Waals surface area (Å²) in [6.07, 6.45) is 3.70. The Labute approximate surface area is 69.5 Å². The van der Waals surface area contributed by atoms with Crippen molar-refractivity contribution >= 4 is 0 Å². The van der Waals surface area contributed by atoms with Gasteiger partial charge in [0.05, 0.1) is 12.2 Å². The third kappa shape index (κ3) is 2.17. The SMILES string of the molecule is CC.CN1CC2CCC(C1)O2. The molecular formula is C9H19NO. The van der Waals surface area contributed by atoms with Gasteiger partial charge in [0.2, 0.25) is 0 Å². The van der Waals surface area contributed by atoms with Crippen LogP contribution in [0.3, 0.4) is 0 Å². The molecule has 0 N–H and O–H groups in total. The normalized spacial score (nSPS) is 36.3. The number of ether oxygens (including phenoxy) is 1. The van der Waals surface area contributed by atoms with Crippen molar-refractivity contribution in [2.75, 3.05) is 20.1 Å². The Balaban J connectivity index is 0.000000281. The zero-order valence-electron chi connectivity index (χ0n) is 7.84. The molecule has 2 heteroatoms. The molecule has 0 saturated carbocycles. The van der Waals surface area contributed by atoms with Crippen LogP contribution in [0.15, 0.2) is 0 Å². The first-order valence-electron chi connectivity index (χ1n) is 4.68. The van der Waals surface area contributed by atoms with Crippen molar-refractivity contribution < 1.29 is 4.74 Å². The lowest BCUT2D eigenvalue weighted by molar-refractivity contribution is -0.0293. The summed E-state index contributed by atoms with van der Waals surface area (Å²) < 4.78 is 5.63. The Kier molecular flexibility index (Phi) is 3.34. The number of nitrogens with zero attached hydrogens (tertiary/aromatic N) is 1. The van der Waals surface area contributed by atoms with Crippen LogP contribution in [0.4, 0.5) is 0 Å². The Morgan fingerprint density at radius 3 is 2.00 bits per heavy atom. The molecule has 2 saturated heterocycles. The molecule has 0 amide bonds. The molecular weight excluding hydrogens is 138 g/mol. The summed E-state index contributed by atoms with van der Waals surface area (Å²) in [4.78, 5) is 2.37. The van der Waals surface area contributed by atoms with Crippen LogP contribution >= 0.6 is 0 Å². The van der Waals surface area contributed by atoms with Crippen molar-refractivity contribution in [3.63, 3.8) is 0 Å². The number of fused-ring (bicyclic) bond motifs is 2. The van der Waals surface area contributed by atoms with E-state index >= 15 is 0 Å². The summed E-state index contributed by atoms with van der Waals surface area (Å²) >= 11 is 0. The summed E-state index contributed by atoms with van der Waals surface area (Å²) in [5.74, 6) is 0. The molecule has 0 spiro atoms. The van der Waals surface area contributed by atoms with Gasteiger partial charge in [0.15, 0.2) is 0 Å². The van der Waals surface area contributed by atoms with Gasteiger partial charge in [-0.15, -0.1) is 0 Å². The summed E-state index contributed by atoms with van der Waals surface area (Å²) in [5, 5.41) is 0. The highest BCUT2D eigenvalue weighted by atomic mass is 16.5. The maximum Gasteiger partial charge on any atom is 0.0707 e. The van der Waals surface area contributed by atoms with E-state index in [1.54, 1.807) is 0 Å².